The van der Waals surface area contributed by atoms with Crippen LogP contribution in [0.4, 0.5) is 5.69 Å². The van der Waals surface area contributed by atoms with Crippen molar-refractivity contribution in [3.05, 3.63) is 111 Å². The standard InChI is InChI=1S/C58H75Cl2N5O13/c1-7-46(43-35-51(70-4)56(72-6)52(36-43)71-5)57(68)64-23-9-8-13-49(64)58(69)78-50(19-16-41-15-14-39(2)40(3)33-41)42-11-10-12-45(34-42)77-38-55(67)61-22-26-74-28-30-76-32-31-75-29-27-73-25-21-54(66)62-53-20-24-65(63-53)44-17-18-47(59)48(60)37-44/h10-12,14-15,17-18,33-37,46,49-50H,7-9,13,16,19-32,38H2,1-6H3,(H,61,67)(H,62,63,66)/t46-,49-,50-/m0/s1. The van der Waals surface area contributed by atoms with E-state index in [-0.39, 0.29) is 50.5 Å². The van der Waals surface area contributed by atoms with Crippen molar-refractivity contribution >= 4 is 58.4 Å². The van der Waals surface area contributed by atoms with Gasteiger partial charge in [-0.3, -0.25) is 19.4 Å². The van der Waals surface area contributed by atoms with Crippen molar-refractivity contribution in [1.82, 2.24) is 15.5 Å². The Morgan fingerprint density at radius 2 is 1.44 bits per heavy atom. The summed E-state index contributed by atoms with van der Waals surface area (Å²) in [4.78, 5) is 55.7. The summed E-state index contributed by atoms with van der Waals surface area (Å²) in [7, 11) is 4.60. The second-order valence-corrected chi connectivity index (χ2v) is 19.6. The van der Waals surface area contributed by atoms with Crippen molar-refractivity contribution in [3.63, 3.8) is 0 Å². The number of amides is 3. The fourth-order valence-electron chi connectivity index (χ4n) is 9.06. The van der Waals surface area contributed by atoms with Gasteiger partial charge in [0.25, 0.3) is 5.91 Å². The lowest BCUT2D eigenvalue weighted by molar-refractivity contribution is -0.162. The predicted molar refractivity (Wildman–Crippen MR) is 298 cm³/mol. The summed E-state index contributed by atoms with van der Waals surface area (Å²) in [6, 6.07) is 21.6. The highest BCUT2D eigenvalue weighted by Gasteiger charge is 2.38. The van der Waals surface area contributed by atoms with E-state index in [4.69, 9.17) is 65.8 Å². The molecule has 2 aliphatic heterocycles. The first-order valence-corrected chi connectivity index (χ1v) is 27.3. The van der Waals surface area contributed by atoms with Crippen LogP contribution in [0.2, 0.25) is 10.0 Å². The molecule has 4 aromatic rings. The largest absolute Gasteiger partial charge is 0.493 e. The molecule has 0 unspecified atom stereocenters. The summed E-state index contributed by atoms with van der Waals surface area (Å²) in [5.74, 6) is 0.631. The third-order valence-electron chi connectivity index (χ3n) is 13.4. The maximum Gasteiger partial charge on any atom is 0.329 e. The van der Waals surface area contributed by atoms with Gasteiger partial charge in [-0.15, -0.1) is 0 Å². The number of hydrogen-bond donors (Lipinski definition) is 2. The second-order valence-electron chi connectivity index (χ2n) is 18.8. The van der Waals surface area contributed by atoms with E-state index in [2.05, 4.69) is 47.8 Å². The molecule has 4 aromatic carbocycles. The SMILES string of the molecule is CC[C@H](C(=O)N1CCCC[C@H]1C(=O)O[C@@H](CCc1ccc(C)c(C)c1)c1cccc(OCC(=O)NCCOCCOCCOCCOCCC(=O)NC2=NN(c3ccc(Cl)c(Cl)c3)CC2)c1)c1cc(OC)c(OC)c(OC)c1. The van der Waals surface area contributed by atoms with Crippen LogP contribution in [0.25, 0.3) is 0 Å². The van der Waals surface area contributed by atoms with Crippen LogP contribution < -0.4 is 34.6 Å². The highest BCUT2D eigenvalue weighted by molar-refractivity contribution is 6.42. The molecular weight excluding hydrogens is 1050 g/mol. The summed E-state index contributed by atoms with van der Waals surface area (Å²) in [5.41, 5.74) is 5.68. The summed E-state index contributed by atoms with van der Waals surface area (Å²) in [6.07, 6.45) is 3.71. The van der Waals surface area contributed by atoms with Crippen LogP contribution in [0.15, 0.2) is 77.9 Å². The van der Waals surface area contributed by atoms with Gasteiger partial charge in [0.1, 0.15) is 23.7 Å². The Morgan fingerprint density at radius 1 is 0.731 bits per heavy atom. The lowest BCUT2D eigenvalue weighted by atomic mass is 9.91. The zero-order valence-corrected chi connectivity index (χ0v) is 47.2. The molecular formula is C58H75Cl2N5O13. The third kappa shape index (κ3) is 18.5. The summed E-state index contributed by atoms with van der Waals surface area (Å²) >= 11 is 12.1. The molecule has 78 heavy (non-hydrogen) atoms. The minimum atomic E-state index is -0.778. The molecule has 1 saturated heterocycles. The van der Waals surface area contributed by atoms with E-state index >= 15 is 0 Å². The number of hydrogen-bond acceptors (Lipinski definition) is 15. The molecule has 20 heteroatoms. The van der Waals surface area contributed by atoms with Gasteiger partial charge >= 0.3 is 5.97 Å². The maximum atomic E-state index is 14.5. The molecule has 0 aromatic heterocycles. The molecule has 0 spiro atoms. The first kappa shape index (κ1) is 61.1. The molecule has 0 radical (unpaired) electrons. The number of ether oxygens (including phenoxy) is 9. The fraction of sp³-hybridized carbons (Fsp3) is 0.500. The van der Waals surface area contributed by atoms with E-state index in [0.29, 0.717) is 135 Å². The van der Waals surface area contributed by atoms with Crippen molar-refractivity contribution in [2.45, 2.75) is 90.2 Å². The van der Waals surface area contributed by atoms with E-state index in [0.717, 1.165) is 24.1 Å². The van der Waals surface area contributed by atoms with Gasteiger partial charge in [-0.05, 0) is 123 Å². The van der Waals surface area contributed by atoms with Crippen molar-refractivity contribution in [1.29, 1.82) is 0 Å². The van der Waals surface area contributed by atoms with Crippen LogP contribution in [-0.4, -0.2) is 141 Å². The Bertz CT molecular complexity index is 2610. The van der Waals surface area contributed by atoms with Crippen LogP contribution in [0.3, 0.4) is 0 Å². The molecule has 0 bridgehead atoms. The summed E-state index contributed by atoms with van der Waals surface area (Å²) in [5, 5.41) is 12.8. The van der Waals surface area contributed by atoms with Crippen LogP contribution >= 0.6 is 23.2 Å². The molecule has 424 valence electrons. The first-order valence-electron chi connectivity index (χ1n) is 26.6. The molecule has 3 amide bonds. The fourth-order valence-corrected chi connectivity index (χ4v) is 9.35. The topological polar surface area (TPSA) is 194 Å². The molecule has 18 nitrogen and oxygen atoms in total. The van der Waals surface area contributed by atoms with Gasteiger partial charge < -0.3 is 58.2 Å². The molecule has 6 rings (SSSR count). The van der Waals surface area contributed by atoms with E-state index in [1.807, 2.05) is 25.1 Å². The zero-order chi connectivity index (χ0) is 55.8. The summed E-state index contributed by atoms with van der Waals surface area (Å²) in [6.45, 7) is 9.83. The highest BCUT2D eigenvalue weighted by Crippen LogP contribution is 2.42. The number of amidine groups is 1. The summed E-state index contributed by atoms with van der Waals surface area (Å²) < 4.78 is 51.4. The quantitative estimate of drug-likeness (QED) is 0.0359. The Balaban J connectivity index is 0.885. The van der Waals surface area contributed by atoms with Crippen LogP contribution in [0.5, 0.6) is 23.0 Å². The molecule has 2 N–H and O–H groups in total. The molecule has 2 heterocycles. The van der Waals surface area contributed by atoms with Crippen molar-refractivity contribution in [3.8, 4) is 23.0 Å². The molecule has 2 aliphatic rings. The minimum absolute atomic E-state index is 0.170. The van der Waals surface area contributed by atoms with Crippen LogP contribution in [-0.2, 0) is 49.3 Å². The van der Waals surface area contributed by atoms with Gasteiger partial charge in [-0.1, -0.05) is 60.5 Å². The highest BCUT2D eigenvalue weighted by atomic mass is 35.5. The molecule has 1 fully saturated rings. The first-order chi connectivity index (χ1) is 37.8. The van der Waals surface area contributed by atoms with Crippen molar-refractivity contribution < 1.29 is 61.8 Å². The van der Waals surface area contributed by atoms with E-state index < -0.39 is 24.0 Å². The van der Waals surface area contributed by atoms with Gasteiger partial charge in [0.05, 0.1) is 102 Å². The second kappa shape index (κ2) is 32.1. The smallest absolute Gasteiger partial charge is 0.329 e. The number of carbonyl (C=O) groups is 4. The number of esters is 1. The Hall–Kier alpha value is -6.15. The number of nitrogens with zero attached hydrogens (tertiary/aromatic N) is 3. The monoisotopic (exact) mass is 1120 g/mol. The average Bonchev–Trinajstić information content (AvgIpc) is 3.94. The predicted octanol–water partition coefficient (Wildman–Crippen LogP) is 8.72. The number of nitrogens with one attached hydrogen (secondary N) is 2. The van der Waals surface area contributed by atoms with E-state index in [1.54, 1.807) is 46.3 Å². The Kier molecular flexibility index (Phi) is 25.1. The normalized spacial score (nSPS) is 15.0. The number of benzene rings is 4. The number of halogens is 2. The van der Waals surface area contributed by atoms with Crippen LogP contribution in [0.1, 0.15) is 91.7 Å². The average molecular weight is 1120 g/mol. The number of methoxy groups -OCH3 is 3. The number of hydrazone groups is 1. The molecule has 0 aliphatic carbocycles. The van der Waals surface area contributed by atoms with Crippen molar-refractivity contribution in [2.24, 2.45) is 5.10 Å². The Labute approximate surface area is 468 Å². The number of rotatable bonds is 31. The van der Waals surface area contributed by atoms with Gasteiger partial charge in [-0.25, -0.2) is 4.79 Å². The van der Waals surface area contributed by atoms with E-state index in [9.17, 15) is 19.2 Å². The molecule has 3 atom stereocenters. The zero-order valence-electron chi connectivity index (χ0n) is 45.7. The maximum absolute atomic E-state index is 14.5. The third-order valence-corrected chi connectivity index (χ3v) is 14.2. The van der Waals surface area contributed by atoms with Gasteiger partial charge in [0.2, 0.25) is 17.6 Å². The van der Waals surface area contributed by atoms with Gasteiger partial charge in [-0.2, -0.15) is 5.10 Å². The lowest BCUT2D eigenvalue weighted by Gasteiger charge is -2.37. The lowest BCUT2D eigenvalue weighted by Crippen LogP contribution is -2.50. The number of piperidine rings is 1. The van der Waals surface area contributed by atoms with Gasteiger partial charge in [0.15, 0.2) is 18.1 Å². The number of anilines is 1. The number of carbonyl (C=O) groups excluding carboxylic acids is 4. The van der Waals surface area contributed by atoms with E-state index in [1.165, 1.54) is 32.5 Å². The van der Waals surface area contributed by atoms with Gasteiger partial charge in [0, 0.05) is 26.1 Å². The Morgan fingerprint density at radius 3 is 2.10 bits per heavy atom. The minimum Gasteiger partial charge on any atom is -0.493 e. The number of aryl methyl sites for hydroxylation is 3. The number of likely N-dealkylation sites (tertiary alicyclic amines) is 1. The van der Waals surface area contributed by atoms with Crippen molar-refractivity contribution in [2.75, 3.05) is 105 Å². The molecule has 0 saturated carbocycles. The van der Waals surface area contributed by atoms with Crippen LogP contribution in [0, 0.1) is 13.8 Å².